The number of nitrogens with one attached hydrogen (secondary N) is 1. The van der Waals surface area contributed by atoms with Crippen molar-refractivity contribution in [2.75, 3.05) is 31.4 Å². The number of piperidine rings is 1. The molecule has 0 spiro atoms. The molecule has 7 nitrogen and oxygen atoms in total. The second-order valence-corrected chi connectivity index (χ2v) is 5.19. The van der Waals surface area contributed by atoms with Crippen LogP contribution in [0.4, 0.5) is 5.82 Å². The number of aromatic nitrogens is 3. The lowest BCUT2D eigenvalue weighted by atomic mass is 9.92. The Balaban J connectivity index is 2.16. The SMILES string of the molecule is [2H]c1nc(N(C)[C@@H]2[C@H](C)CC([2H])([2H])N(C(=O)C([2H])([2H])[N+]#[C-])C2([2H])[2H])c2c([2H])c[nH]c2n1. The summed E-state index contributed by atoms with van der Waals surface area (Å²) in [5.41, 5.74) is 0.198. The number of anilines is 1. The molecular weight excluding hydrogens is 292 g/mol. The van der Waals surface area contributed by atoms with Crippen LogP contribution in [0, 0.1) is 12.5 Å². The maximum atomic E-state index is 12.7. The van der Waals surface area contributed by atoms with Gasteiger partial charge in [-0.2, -0.15) is 0 Å². The Morgan fingerprint density at radius 1 is 1.74 bits per heavy atom. The number of aromatic amines is 1. The summed E-state index contributed by atoms with van der Waals surface area (Å²) >= 11 is 0. The number of H-pyrrole nitrogens is 1. The number of hydrogen-bond acceptors (Lipinski definition) is 4. The van der Waals surface area contributed by atoms with Gasteiger partial charge in [0.15, 0.2) is 0 Å². The molecule has 0 radical (unpaired) electrons. The summed E-state index contributed by atoms with van der Waals surface area (Å²) in [4.78, 5) is 27.5. The van der Waals surface area contributed by atoms with Crippen molar-refractivity contribution in [3.8, 4) is 0 Å². The number of carbonyl (C=O) groups excluding carboxylic acids is 1. The fraction of sp³-hybridized carbons (Fsp3) is 0.500. The first-order chi connectivity index (χ1) is 14.1. The van der Waals surface area contributed by atoms with Crippen molar-refractivity contribution in [1.82, 2.24) is 19.9 Å². The molecule has 2 atom stereocenters. The largest absolute Gasteiger partial charge is 0.354 e. The van der Waals surface area contributed by atoms with Crippen molar-refractivity contribution in [3.63, 3.8) is 0 Å². The van der Waals surface area contributed by atoms with E-state index >= 15 is 0 Å². The Kier molecular flexibility index (Phi) is 2.25. The molecular formula is C16H20N6O. The zero-order chi connectivity index (χ0) is 23.5. The van der Waals surface area contributed by atoms with Gasteiger partial charge in [-0.1, -0.05) is 6.92 Å². The smallest absolute Gasteiger partial charge is 0.302 e. The summed E-state index contributed by atoms with van der Waals surface area (Å²) in [6, 6.07) is -1.22. The highest BCUT2D eigenvalue weighted by molar-refractivity contribution is 5.87. The van der Waals surface area contributed by atoms with Crippen LogP contribution >= 0.6 is 0 Å². The lowest BCUT2D eigenvalue weighted by Gasteiger charge is -2.41. The summed E-state index contributed by atoms with van der Waals surface area (Å²) in [5, 5.41) is 0.226. The molecule has 120 valence electrons. The van der Waals surface area contributed by atoms with Gasteiger partial charge in [0.1, 0.15) is 21.9 Å². The fourth-order valence-electron chi connectivity index (χ4n) is 2.49. The third-order valence-electron chi connectivity index (χ3n) is 3.68. The van der Waals surface area contributed by atoms with E-state index in [9.17, 15) is 4.79 Å². The van der Waals surface area contributed by atoms with Crippen LogP contribution in [0.2, 0.25) is 0 Å². The number of hydrogen-bond donors (Lipinski definition) is 1. The molecule has 23 heavy (non-hydrogen) atoms. The highest BCUT2D eigenvalue weighted by Crippen LogP contribution is 2.28. The van der Waals surface area contributed by atoms with Crippen molar-refractivity contribution in [1.29, 1.82) is 0 Å². The lowest BCUT2D eigenvalue weighted by Crippen LogP contribution is -2.53. The molecule has 7 heteroatoms. The van der Waals surface area contributed by atoms with Crippen molar-refractivity contribution in [2.45, 2.75) is 19.4 Å². The highest BCUT2D eigenvalue weighted by atomic mass is 16.2. The van der Waals surface area contributed by atoms with Gasteiger partial charge < -0.3 is 19.6 Å². The van der Waals surface area contributed by atoms with E-state index in [-0.39, 0.29) is 40.5 Å². The molecule has 1 aliphatic rings. The number of nitrogens with zero attached hydrogens (tertiary/aromatic N) is 5. The molecule has 0 unspecified atom stereocenters. The van der Waals surface area contributed by atoms with Gasteiger partial charge in [0.2, 0.25) is 0 Å². The first kappa shape index (κ1) is 8.29. The fourth-order valence-corrected chi connectivity index (χ4v) is 2.49. The first-order valence-electron chi connectivity index (χ1n) is 10.9. The zero-order valence-corrected chi connectivity index (χ0v) is 12.6. The molecule has 1 N–H and O–H groups in total. The maximum Gasteiger partial charge on any atom is 0.302 e. The third-order valence-corrected chi connectivity index (χ3v) is 3.68. The number of likely N-dealkylation sites (tertiary alicyclic amines) is 1. The van der Waals surface area contributed by atoms with Crippen LogP contribution in [-0.2, 0) is 4.79 Å². The number of fused-ring (bicyclic) bond motifs is 1. The molecule has 1 amide bonds. The van der Waals surface area contributed by atoms with Gasteiger partial charge in [-0.05, 0) is 18.4 Å². The molecule has 0 aromatic carbocycles. The van der Waals surface area contributed by atoms with Crippen LogP contribution in [0.5, 0.6) is 0 Å². The third kappa shape index (κ3) is 2.84. The summed E-state index contributed by atoms with van der Waals surface area (Å²) in [6.45, 7) is 0.0574. The minimum Gasteiger partial charge on any atom is -0.354 e. The normalized spacial score (nSPS) is 31.3. The Bertz CT molecular complexity index is 1080. The van der Waals surface area contributed by atoms with Crippen LogP contribution in [-0.4, -0.2) is 58.3 Å². The van der Waals surface area contributed by atoms with Gasteiger partial charge in [0.25, 0.3) is 6.50 Å². The Hall–Kier alpha value is -2.62. The van der Waals surface area contributed by atoms with Crippen LogP contribution < -0.4 is 4.90 Å². The van der Waals surface area contributed by atoms with Gasteiger partial charge in [-0.15, -0.1) is 0 Å². The topological polar surface area (TPSA) is 69.5 Å². The number of rotatable bonds is 3. The molecule has 1 fully saturated rings. The summed E-state index contributed by atoms with van der Waals surface area (Å²) < 4.78 is 64.9. The number of likely N-dealkylation sites (N-methyl/N-ethyl adjacent to an activating group) is 1. The van der Waals surface area contributed by atoms with Gasteiger partial charge >= 0.3 is 5.91 Å². The van der Waals surface area contributed by atoms with E-state index in [0.29, 0.717) is 0 Å². The Morgan fingerprint density at radius 3 is 3.35 bits per heavy atom. The number of carbonyl (C=O) groups is 1. The molecule has 1 saturated heterocycles. The van der Waals surface area contributed by atoms with E-state index in [2.05, 4.69) is 19.8 Å². The van der Waals surface area contributed by atoms with Crippen LogP contribution in [0.1, 0.15) is 24.3 Å². The maximum absolute atomic E-state index is 12.7. The monoisotopic (exact) mass is 320 g/mol. The average Bonchev–Trinajstić information content (AvgIpc) is 2.99. The van der Waals surface area contributed by atoms with Crippen molar-refractivity contribution in [3.05, 3.63) is 30.0 Å². The van der Waals surface area contributed by atoms with Gasteiger partial charge in [0, 0.05) is 29.0 Å². The van der Waals surface area contributed by atoms with Crippen molar-refractivity contribution < 1.29 is 15.8 Å². The number of amides is 1. The van der Waals surface area contributed by atoms with E-state index in [1.807, 2.05) is 0 Å². The molecule has 3 rings (SSSR count). The molecule has 3 heterocycles. The van der Waals surface area contributed by atoms with Crippen molar-refractivity contribution >= 4 is 22.8 Å². The van der Waals surface area contributed by atoms with Gasteiger partial charge in [0.05, 0.1) is 15.5 Å². The second-order valence-electron chi connectivity index (χ2n) is 5.19. The predicted octanol–water partition coefficient (Wildman–Crippen LogP) is 1.55. The van der Waals surface area contributed by atoms with Crippen LogP contribution in [0.15, 0.2) is 18.5 Å². The van der Waals surface area contributed by atoms with E-state index in [1.54, 1.807) is 6.92 Å². The molecule has 0 saturated carbocycles. The minimum atomic E-state index is -3.14. The van der Waals surface area contributed by atoms with Gasteiger partial charge in [-0.3, -0.25) is 4.79 Å². The zero-order valence-electron chi connectivity index (χ0n) is 20.6. The molecule has 2 aromatic heterocycles. The average molecular weight is 320 g/mol. The van der Waals surface area contributed by atoms with Crippen molar-refractivity contribution in [2.24, 2.45) is 5.92 Å². The second kappa shape index (κ2) is 6.24. The molecule has 0 bridgehead atoms. The van der Waals surface area contributed by atoms with E-state index in [0.717, 1.165) is 0 Å². The Morgan fingerprint density at radius 2 is 2.57 bits per heavy atom. The minimum absolute atomic E-state index is 0.00785. The summed E-state index contributed by atoms with van der Waals surface area (Å²) in [5.74, 6) is -2.25. The van der Waals surface area contributed by atoms with E-state index in [1.165, 1.54) is 18.1 Å². The molecule has 1 aliphatic heterocycles. The van der Waals surface area contributed by atoms with Crippen LogP contribution in [0.3, 0.4) is 0 Å². The first-order valence-corrected chi connectivity index (χ1v) is 6.93. The highest BCUT2D eigenvalue weighted by Gasteiger charge is 2.33. The summed E-state index contributed by atoms with van der Waals surface area (Å²) in [7, 11) is 1.44. The summed E-state index contributed by atoms with van der Waals surface area (Å²) in [6.07, 6.45) is 0.630. The molecule has 2 aromatic rings. The standard InChI is InChI=1S/C16H20N6O/c1-11-5-7-22(14(23)8-17-2)9-13(11)21(3)16-12-4-6-18-15(12)19-10-20-16/h4,6,10-11,13H,5,7-9H2,1,3H3,(H,18,19,20)/t11-,13+/m1/s1/i4D,7D2,8D2,9D2,10D. The molecule has 0 aliphatic carbocycles. The lowest BCUT2D eigenvalue weighted by molar-refractivity contribution is -0.130. The predicted molar refractivity (Wildman–Crippen MR) is 87.9 cm³/mol. The van der Waals surface area contributed by atoms with Crippen LogP contribution in [0.25, 0.3) is 15.9 Å². The van der Waals surface area contributed by atoms with E-state index < -0.39 is 37.4 Å². The Labute approximate surface area is 146 Å². The van der Waals surface area contributed by atoms with Gasteiger partial charge in [-0.25, -0.2) is 16.5 Å². The quantitative estimate of drug-likeness (QED) is 0.871. The van der Waals surface area contributed by atoms with E-state index in [4.69, 9.17) is 17.5 Å².